The number of nitrogens with one attached hydrogen (secondary N) is 2. The molecular formula is C15H15N3O3. The Morgan fingerprint density at radius 2 is 1.67 bits per heavy atom. The Labute approximate surface area is 121 Å². The number of hydrogen-bond donors (Lipinski definition) is 4. The van der Waals surface area contributed by atoms with Gasteiger partial charge in [-0.15, -0.1) is 0 Å². The van der Waals surface area contributed by atoms with Crippen molar-refractivity contribution < 1.29 is 14.7 Å². The van der Waals surface area contributed by atoms with Crippen LogP contribution in [0.4, 0.5) is 11.4 Å². The van der Waals surface area contributed by atoms with E-state index in [1.807, 2.05) is 0 Å². The minimum absolute atomic E-state index is 0.0432. The van der Waals surface area contributed by atoms with Gasteiger partial charge in [0.25, 0.3) is 11.8 Å². The Hall–Kier alpha value is -3.02. The van der Waals surface area contributed by atoms with E-state index in [0.717, 1.165) is 0 Å². The van der Waals surface area contributed by atoms with Gasteiger partial charge < -0.3 is 21.5 Å². The number of benzene rings is 2. The van der Waals surface area contributed by atoms with Gasteiger partial charge in [0.05, 0.1) is 22.5 Å². The van der Waals surface area contributed by atoms with Gasteiger partial charge in [0.1, 0.15) is 0 Å². The van der Waals surface area contributed by atoms with Gasteiger partial charge in [0.2, 0.25) is 0 Å². The first-order valence-electron chi connectivity index (χ1n) is 6.24. The quantitative estimate of drug-likeness (QED) is 0.507. The third-order valence-electron chi connectivity index (χ3n) is 2.96. The number of phenols is 1. The maximum atomic E-state index is 12.2. The summed E-state index contributed by atoms with van der Waals surface area (Å²) in [6, 6.07) is 11.1. The molecule has 6 heteroatoms. The second-order valence-electron chi connectivity index (χ2n) is 4.32. The topological polar surface area (TPSA) is 104 Å². The highest BCUT2D eigenvalue weighted by Gasteiger charge is 2.16. The van der Waals surface area contributed by atoms with Crippen LogP contribution in [0.25, 0.3) is 0 Å². The highest BCUT2D eigenvalue weighted by atomic mass is 16.3. The van der Waals surface area contributed by atoms with Crippen molar-refractivity contribution in [3.63, 3.8) is 0 Å². The van der Waals surface area contributed by atoms with Gasteiger partial charge in [0.15, 0.2) is 5.75 Å². The van der Waals surface area contributed by atoms with E-state index in [2.05, 4.69) is 10.6 Å². The van der Waals surface area contributed by atoms with Gasteiger partial charge in [-0.05, 0) is 24.3 Å². The lowest BCUT2D eigenvalue weighted by molar-refractivity contribution is 0.0964. The summed E-state index contributed by atoms with van der Waals surface area (Å²) in [4.78, 5) is 23.9. The molecule has 0 fully saturated rings. The molecule has 0 aliphatic rings. The second-order valence-corrected chi connectivity index (χ2v) is 4.32. The molecule has 0 aliphatic carbocycles. The summed E-state index contributed by atoms with van der Waals surface area (Å²) in [5, 5.41) is 14.9. The van der Waals surface area contributed by atoms with Crippen molar-refractivity contribution in [2.24, 2.45) is 0 Å². The molecule has 0 atom stereocenters. The molecule has 0 aromatic heterocycles. The Morgan fingerprint density at radius 1 is 1.00 bits per heavy atom. The molecule has 0 heterocycles. The van der Waals surface area contributed by atoms with Crippen molar-refractivity contribution in [3.05, 3.63) is 53.6 Å². The molecule has 0 saturated carbocycles. The molecule has 0 spiro atoms. The van der Waals surface area contributed by atoms with E-state index in [1.54, 1.807) is 30.3 Å². The minimum Gasteiger partial charge on any atom is -0.505 e. The number of hydrogen-bond acceptors (Lipinski definition) is 4. The molecule has 2 aromatic carbocycles. The van der Waals surface area contributed by atoms with Crippen LogP contribution in [0.2, 0.25) is 0 Å². The van der Waals surface area contributed by atoms with Crippen LogP contribution in [-0.2, 0) is 0 Å². The number of carbonyl (C=O) groups is 2. The van der Waals surface area contributed by atoms with E-state index < -0.39 is 5.91 Å². The van der Waals surface area contributed by atoms with Crippen LogP contribution >= 0.6 is 0 Å². The van der Waals surface area contributed by atoms with Crippen molar-refractivity contribution in [3.8, 4) is 5.75 Å². The molecule has 5 N–H and O–H groups in total. The van der Waals surface area contributed by atoms with E-state index in [-0.39, 0.29) is 22.9 Å². The van der Waals surface area contributed by atoms with E-state index >= 15 is 0 Å². The molecule has 0 saturated heterocycles. The molecule has 2 aromatic rings. The lowest BCUT2D eigenvalue weighted by Gasteiger charge is -2.11. The first-order valence-corrected chi connectivity index (χ1v) is 6.24. The second kappa shape index (κ2) is 5.96. The number of rotatable bonds is 3. The fraction of sp³-hybridized carbons (Fsp3) is 0.0667. The van der Waals surface area contributed by atoms with Crippen LogP contribution in [0, 0.1) is 0 Å². The average molecular weight is 285 g/mol. The van der Waals surface area contributed by atoms with E-state index in [4.69, 9.17) is 5.73 Å². The Bertz CT molecular complexity index is 698. The number of phenolic OH excluding ortho intramolecular Hbond substituents is 1. The number of carbonyl (C=O) groups excluding carboxylic acids is 2. The third kappa shape index (κ3) is 2.94. The maximum absolute atomic E-state index is 12.2. The van der Waals surface area contributed by atoms with Crippen LogP contribution in [-0.4, -0.2) is 24.0 Å². The van der Waals surface area contributed by atoms with Gasteiger partial charge >= 0.3 is 0 Å². The number of nitrogens with two attached hydrogens (primary N) is 1. The van der Waals surface area contributed by atoms with Crippen LogP contribution in [0.3, 0.4) is 0 Å². The summed E-state index contributed by atoms with van der Waals surface area (Å²) in [5.41, 5.74) is 6.39. The first-order chi connectivity index (χ1) is 10.0. The summed E-state index contributed by atoms with van der Waals surface area (Å²) in [6.07, 6.45) is 0. The molecule has 0 radical (unpaired) electrons. The summed E-state index contributed by atoms with van der Waals surface area (Å²) < 4.78 is 0. The van der Waals surface area contributed by atoms with Crippen LogP contribution < -0.4 is 16.4 Å². The Morgan fingerprint density at radius 3 is 2.38 bits per heavy atom. The smallest absolute Gasteiger partial charge is 0.259 e. The molecule has 0 unspecified atom stereocenters. The van der Waals surface area contributed by atoms with Crippen molar-refractivity contribution >= 4 is 23.2 Å². The summed E-state index contributed by atoms with van der Waals surface area (Å²) in [7, 11) is 1.50. The molecular weight excluding hydrogens is 270 g/mol. The summed E-state index contributed by atoms with van der Waals surface area (Å²) in [6.45, 7) is 0. The van der Waals surface area contributed by atoms with Crippen LogP contribution in [0.15, 0.2) is 42.5 Å². The summed E-state index contributed by atoms with van der Waals surface area (Å²) in [5.74, 6) is -1.15. The minimum atomic E-state index is -0.545. The lowest BCUT2D eigenvalue weighted by atomic mass is 10.1. The van der Waals surface area contributed by atoms with Crippen LogP contribution in [0.5, 0.6) is 5.75 Å². The molecule has 0 aliphatic heterocycles. The Balaban J connectivity index is 2.32. The Kier molecular flexibility index (Phi) is 4.08. The van der Waals surface area contributed by atoms with Crippen molar-refractivity contribution in [2.75, 3.05) is 18.1 Å². The molecule has 21 heavy (non-hydrogen) atoms. The maximum Gasteiger partial charge on any atom is 0.259 e. The van der Waals surface area contributed by atoms with Crippen molar-refractivity contribution in [1.29, 1.82) is 0 Å². The van der Waals surface area contributed by atoms with Crippen molar-refractivity contribution in [2.45, 2.75) is 0 Å². The monoisotopic (exact) mass is 285 g/mol. The predicted molar refractivity (Wildman–Crippen MR) is 80.3 cm³/mol. The largest absolute Gasteiger partial charge is 0.505 e. The lowest BCUT2D eigenvalue weighted by Crippen LogP contribution is -2.21. The molecule has 6 nitrogen and oxygen atoms in total. The van der Waals surface area contributed by atoms with Gasteiger partial charge in [-0.2, -0.15) is 0 Å². The van der Waals surface area contributed by atoms with Crippen LogP contribution in [0.1, 0.15) is 20.7 Å². The molecule has 2 rings (SSSR count). The van der Waals surface area contributed by atoms with Gasteiger partial charge in [0, 0.05) is 7.05 Å². The molecule has 0 bridgehead atoms. The van der Waals surface area contributed by atoms with Gasteiger partial charge in [-0.3, -0.25) is 9.59 Å². The van der Waals surface area contributed by atoms with Crippen molar-refractivity contribution in [1.82, 2.24) is 5.32 Å². The molecule has 2 amide bonds. The fourth-order valence-corrected chi connectivity index (χ4v) is 1.86. The predicted octanol–water partition coefficient (Wildman–Crippen LogP) is 1.59. The third-order valence-corrected chi connectivity index (χ3v) is 2.96. The number of amides is 2. The average Bonchev–Trinajstić information content (AvgIpc) is 2.49. The van der Waals surface area contributed by atoms with E-state index in [0.29, 0.717) is 11.3 Å². The van der Waals surface area contributed by atoms with E-state index in [1.165, 1.54) is 19.2 Å². The van der Waals surface area contributed by atoms with E-state index in [9.17, 15) is 14.7 Å². The zero-order valence-electron chi connectivity index (χ0n) is 11.4. The zero-order valence-corrected chi connectivity index (χ0v) is 11.4. The standard InChI is InChI=1S/C15H15N3O3/c1-17-14(20)9-5-2-3-8-12(9)18-15(21)10-6-4-7-11(16)13(10)19/h2-8,19H,16H2,1H3,(H,17,20)(H,18,21). The van der Waals surface area contributed by atoms with Gasteiger partial charge in [-0.1, -0.05) is 18.2 Å². The molecule has 108 valence electrons. The van der Waals surface area contributed by atoms with Gasteiger partial charge in [-0.25, -0.2) is 0 Å². The normalized spacial score (nSPS) is 9.95. The number of aromatic hydroxyl groups is 1. The SMILES string of the molecule is CNC(=O)c1ccccc1NC(=O)c1cccc(N)c1O. The number of nitrogen functional groups attached to an aromatic ring is 1. The zero-order chi connectivity index (χ0) is 15.4. The highest BCUT2D eigenvalue weighted by molar-refractivity contribution is 6.10. The fourth-order valence-electron chi connectivity index (χ4n) is 1.86. The summed E-state index contributed by atoms with van der Waals surface area (Å²) >= 11 is 0. The number of anilines is 2. The highest BCUT2D eigenvalue weighted by Crippen LogP contribution is 2.25. The number of para-hydroxylation sites is 2. The first kappa shape index (κ1) is 14.4.